The van der Waals surface area contributed by atoms with Crippen molar-refractivity contribution >= 4 is 33.5 Å². The first-order valence-corrected chi connectivity index (χ1v) is 9.54. The Morgan fingerprint density at radius 2 is 1.81 bits per heavy atom. The number of hydrogen-bond donors (Lipinski definition) is 0. The summed E-state index contributed by atoms with van der Waals surface area (Å²) in [6.07, 6.45) is 0. The van der Waals surface area contributed by atoms with E-state index in [0.29, 0.717) is 5.75 Å². The summed E-state index contributed by atoms with van der Waals surface area (Å²) in [7, 11) is 1.49. The summed E-state index contributed by atoms with van der Waals surface area (Å²) >= 11 is 8.93. The Morgan fingerprint density at radius 3 is 2.46 bits per heavy atom. The fourth-order valence-electron chi connectivity index (χ4n) is 3.26. The molecule has 0 aliphatic carbocycles. The summed E-state index contributed by atoms with van der Waals surface area (Å²) in [5.74, 6) is 0.565. The monoisotopic (exact) mass is 442 g/mol. The van der Waals surface area contributed by atoms with Crippen molar-refractivity contribution in [1.82, 2.24) is 4.90 Å². The average Bonchev–Trinajstić information content (AvgIpc) is 2.68. The highest BCUT2D eigenvalue weighted by Gasteiger charge is 2.23. The van der Waals surface area contributed by atoms with E-state index in [9.17, 15) is 4.39 Å². The summed E-state index contributed by atoms with van der Waals surface area (Å²) in [5.41, 5.74) is 2.14. The molecule has 26 heavy (non-hydrogen) atoms. The molecule has 0 N–H and O–H groups in total. The molecule has 0 radical (unpaired) electrons. The lowest BCUT2D eigenvalue weighted by Gasteiger charge is -2.39. The number of benzene rings is 2. The number of piperazine rings is 1. The molecule has 0 saturated carbocycles. The van der Waals surface area contributed by atoms with Crippen LogP contribution in [0.5, 0.6) is 11.5 Å². The van der Waals surface area contributed by atoms with Crippen LogP contribution in [-0.4, -0.2) is 38.2 Å². The molecule has 0 bridgehead atoms. The molecule has 3 rings (SSSR count). The van der Waals surface area contributed by atoms with Crippen LogP contribution in [0.3, 0.4) is 0 Å². The topological polar surface area (TPSA) is 24.9 Å². The first-order chi connectivity index (χ1) is 12.5. The maximum atomic E-state index is 13.6. The molecule has 140 valence electrons. The number of methoxy groups -OCH3 is 1. The van der Waals surface area contributed by atoms with E-state index < -0.39 is 0 Å². The highest BCUT2D eigenvalue weighted by atomic mass is 79.9. The summed E-state index contributed by atoms with van der Waals surface area (Å²) in [6, 6.07) is 11.2. The molecular weight excluding hydrogens is 423 g/mol. The number of ether oxygens (including phenoxy) is 1. The van der Waals surface area contributed by atoms with Gasteiger partial charge in [0, 0.05) is 44.0 Å². The van der Waals surface area contributed by atoms with Crippen molar-refractivity contribution < 1.29 is 13.4 Å². The molecule has 2 aromatic carbocycles. The van der Waals surface area contributed by atoms with Crippen LogP contribution in [0, 0.1) is 5.82 Å². The molecule has 0 spiro atoms. The van der Waals surface area contributed by atoms with E-state index in [0.717, 1.165) is 41.9 Å². The van der Waals surface area contributed by atoms with Gasteiger partial charge < -0.3 is 13.9 Å². The number of anilines is 1. The second kappa shape index (κ2) is 8.46. The zero-order valence-electron chi connectivity index (χ0n) is 14.7. The second-order valence-corrected chi connectivity index (χ2v) is 7.29. The van der Waals surface area contributed by atoms with Gasteiger partial charge in [0.15, 0.2) is 17.3 Å². The molecule has 7 heteroatoms. The molecule has 1 heterocycles. The van der Waals surface area contributed by atoms with Crippen molar-refractivity contribution in [2.75, 3.05) is 38.2 Å². The number of halogens is 3. The van der Waals surface area contributed by atoms with Gasteiger partial charge in [0.2, 0.25) is 0 Å². The minimum absolute atomic E-state index is 0.193. The fourth-order valence-corrected chi connectivity index (χ4v) is 3.81. The molecule has 1 aliphatic heterocycles. The van der Waals surface area contributed by atoms with Crippen LogP contribution in [0.25, 0.3) is 0 Å². The van der Waals surface area contributed by atoms with Crippen LogP contribution in [0.15, 0.2) is 40.9 Å². The summed E-state index contributed by atoms with van der Waals surface area (Å²) in [6.45, 7) is 5.75. The van der Waals surface area contributed by atoms with Crippen molar-refractivity contribution in [3.63, 3.8) is 0 Å². The standard InChI is InChI=1S/C19H21BrClFN2O2/c1-13(14-3-6-17(22)19(11-14)25-2)23-7-9-24(10-8-23)15-4-5-16(20)18(12-15)26-21/h3-6,11-13H,7-10H2,1-2H3. The van der Waals surface area contributed by atoms with Crippen LogP contribution in [0.4, 0.5) is 10.1 Å². The molecule has 2 aromatic rings. The average molecular weight is 444 g/mol. The van der Waals surface area contributed by atoms with Crippen LogP contribution in [-0.2, 0) is 0 Å². The van der Waals surface area contributed by atoms with E-state index >= 15 is 0 Å². The third-order valence-corrected chi connectivity index (χ3v) is 5.70. The van der Waals surface area contributed by atoms with Gasteiger partial charge in [0.1, 0.15) is 11.9 Å². The van der Waals surface area contributed by atoms with Gasteiger partial charge in [0.25, 0.3) is 0 Å². The van der Waals surface area contributed by atoms with Gasteiger partial charge in [-0.15, -0.1) is 0 Å². The van der Waals surface area contributed by atoms with Crippen LogP contribution in [0.1, 0.15) is 18.5 Å². The summed E-state index contributed by atoms with van der Waals surface area (Å²) < 4.78 is 24.4. The van der Waals surface area contributed by atoms with Gasteiger partial charge in [-0.05, 0) is 52.7 Å². The fraction of sp³-hybridized carbons (Fsp3) is 0.368. The Labute approximate surface area is 166 Å². The van der Waals surface area contributed by atoms with Crippen molar-refractivity contribution in [2.45, 2.75) is 13.0 Å². The lowest BCUT2D eigenvalue weighted by Crippen LogP contribution is -2.47. The van der Waals surface area contributed by atoms with Crippen molar-refractivity contribution in [3.8, 4) is 11.5 Å². The zero-order chi connectivity index (χ0) is 18.7. The van der Waals surface area contributed by atoms with E-state index in [2.05, 4.69) is 32.7 Å². The van der Waals surface area contributed by atoms with E-state index in [1.54, 1.807) is 6.07 Å². The van der Waals surface area contributed by atoms with Gasteiger partial charge in [-0.25, -0.2) is 4.39 Å². The lowest BCUT2D eigenvalue weighted by molar-refractivity contribution is 0.198. The molecule has 1 atom stereocenters. The SMILES string of the molecule is COc1cc(C(C)N2CCN(c3ccc(Br)c(OCl)c3)CC2)ccc1F. The Balaban J connectivity index is 1.66. The molecule has 0 amide bonds. The molecule has 0 aromatic heterocycles. The molecule has 1 aliphatic rings. The van der Waals surface area contributed by atoms with Crippen LogP contribution in [0.2, 0.25) is 0 Å². The van der Waals surface area contributed by atoms with Gasteiger partial charge >= 0.3 is 0 Å². The van der Waals surface area contributed by atoms with Crippen molar-refractivity contribution in [3.05, 3.63) is 52.3 Å². The second-order valence-electron chi connectivity index (χ2n) is 6.28. The number of nitrogens with zero attached hydrogens (tertiary/aromatic N) is 2. The highest BCUT2D eigenvalue weighted by molar-refractivity contribution is 9.10. The van der Waals surface area contributed by atoms with Crippen LogP contribution >= 0.6 is 27.8 Å². The minimum Gasteiger partial charge on any atom is -0.494 e. The maximum absolute atomic E-state index is 13.6. The quantitative estimate of drug-likeness (QED) is 0.648. The Hall–Kier alpha value is -1.50. The van der Waals surface area contributed by atoms with Crippen molar-refractivity contribution in [1.29, 1.82) is 0 Å². The Kier molecular flexibility index (Phi) is 6.27. The number of hydrogen-bond acceptors (Lipinski definition) is 4. The molecule has 1 saturated heterocycles. The first-order valence-electron chi connectivity index (χ1n) is 8.44. The van der Waals surface area contributed by atoms with Gasteiger partial charge in [-0.3, -0.25) is 4.90 Å². The molecule has 1 fully saturated rings. The van der Waals surface area contributed by atoms with Crippen LogP contribution < -0.4 is 13.9 Å². The third-order valence-electron chi connectivity index (χ3n) is 4.88. The molecule has 1 unspecified atom stereocenters. The maximum Gasteiger partial charge on any atom is 0.165 e. The predicted octanol–water partition coefficient (Wildman–Crippen LogP) is 5.01. The first kappa shape index (κ1) is 19.3. The van der Waals surface area contributed by atoms with Gasteiger partial charge in [0.05, 0.1) is 11.6 Å². The molecule has 4 nitrogen and oxygen atoms in total. The van der Waals surface area contributed by atoms with Crippen molar-refractivity contribution in [2.24, 2.45) is 0 Å². The third kappa shape index (κ3) is 4.08. The van der Waals surface area contributed by atoms with E-state index in [1.807, 2.05) is 24.3 Å². The largest absolute Gasteiger partial charge is 0.494 e. The smallest absolute Gasteiger partial charge is 0.165 e. The Morgan fingerprint density at radius 1 is 1.08 bits per heavy atom. The van der Waals surface area contributed by atoms with E-state index in [-0.39, 0.29) is 17.6 Å². The highest BCUT2D eigenvalue weighted by Crippen LogP contribution is 2.32. The Bertz CT molecular complexity index is 769. The zero-order valence-corrected chi connectivity index (χ0v) is 17.1. The summed E-state index contributed by atoms with van der Waals surface area (Å²) in [4.78, 5) is 4.70. The van der Waals surface area contributed by atoms with Gasteiger partial charge in [-0.1, -0.05) is 6.07 Å². The normalized spacial score (nSPS) is 16.4. The summed E-state index contributed by atoms with van der Waals surface area (Å²) in [5, 5.41) is 0. The minimum atomic E-state index is -0.333. The van der Waals surface area contributed by atoms with E-state index in [1.165, 1.54) is 13.2 Å². The van der Waals surface area contributed by atoms with E-state index in [4.69, 9.17) is 20.9 Å². The van der Waals surface area contributed by atoms with Gasteiger partial charge in [-0.2, -0.15) is 0 Å². The number of rotatable bonds is 5. The molecular formula is C19H21BrClFN2O2. The predicted molar refractivity (Wildman–Crippen MR) is 106 cm³/mol. The lowest BCUT2D eigenvalue weighted by atomic mass is 10.1.